The summed E-state index contributed by atoms with van der Waals surface area (Å²) in [6, 6.07) is 9.80. The van der Waals surface area contributed by atoms with Crippen molar-refractivity contribution < 1.29 is 4.79 Å². The van der Waals surface area contributed by atoms with E-state index in [9.17, 15) is 4.79 Å². The second-order valence-electron chi connectivity index (χ2n) is 5.98. The first-order valence-electron chi connectivity index (χ1n) is 8.01. The average molecular weight is 338 g/mol. The number of hydrogen-bond donors (Lipinski definition) is 0. The fourth-order valence-corrected chi connectivity index (χ4v) is 3.86. The smallest absolute Gasteiger partial charge is 0.253 e. The molecule has 2 aromatic heterocycles. The van der Waals surface area contributed by atoms with Gasteiger partial charge in [0.15, 0.2) is 0 Å². The van der Waals surface area contributed by atoms with Crippen LogP contribution in [-0.4, -0.2) is 47.0 Å². The van der Waals surface area contributed by atoms with Crippen molar-refractivity contribution in [1.29, 1.82) is 0 Å². The molecule has 1 aliphatic rings. The largest absolute Gasteiger partial charge is 0.352 e. The lowest BCUT2D eigenvalue weighted by molar-refractivity contribution is 0.0746. The maximum absolute atomic E-state index is 12.6. The molecule has 5 nitrogen and oxygen atoms in total. The molecule has 24 heavy (non-hydrogen) atoms. The lowest BCUT2D eigenvalue weighted by atomic mass is 10.1. The van der Waals surface area contributed by atoms with E-state index in [1.165, 1.54) is 5.56 Å². The Hall–Kier alpha value is -2.47. The quantitative estimate of drug-likeness (QED) is 0.721. The summed E-state index contributed by atoms with van der Waals surface area (Å²) in [6.07, 6.45) is 1.62. The van der Waals surface area contributed by atoms with E-state index >= 15 is 0 Å². The van der Waals surface area contributed by atoms with E-state index < -0.39 is 0 Å². The first-order valence-corrected chi connectivity index (χ1v) is 8.89. The Kier molecular flexibility index (Phi) is 3.90. The van der Waals surface area contributed by atoms with E-state index in [1.54, 1.807) is 17.7 Å². The number of carbonyl (C=O) groups excluding carboxylic acids is 1. The van der Waals surface area contributed by atoms with Crippen molar-refractivity contribution in [2.24, 2.45) is 0 Å². The first kappa shape index (κ1) is 15.1. The molecule has 0 unspecified atom stereocenters. The normalized spacial score (nSPS) is 15.0. The number of anilines is 1. The fourth-order valence-electron chi connectivity index (χ4n) is 3.00. The van der Waals surface area contributed by atoms with Crippen molar-refractivity contribution in [3.63, 3.8) is 0 Å². The molecule has 1 aliphatic heterocycles. The molecule has 1 saturated heterocycles. The number of carbonyl (C=O) groups is 1. The molecule has 0 aliphatic carbocycles. The number of rotatable bonds is 2. The van der Waals surface area contributed by atoms with Gasteiger partial charge in [-0.2, -0.15) is 0 Å². The van der Waals surface area contributed by atoms with Gasteiger partial charge in [0.05, 0.1) is 10.2 Å². The van der Waals surface area contributed by atoms with Crippen LogP contribution in [0.2, 0.25) is 0 Å². The molecule has 0 saturated carbocycles. The van der Waals surface area contributed by atoms with Crippen LogP contribution in [0, 0.1) is 6.92 Å². The summed E-state index contributed by atoms with van der Waals surface area (Å²) in [7, 11) is 0. The number of nitrogens with zero attached hydrogens (tertiary/aromatic N) is 4. The van der Waals surface area contributed by atoms with Gasteiger partial charge in [-0.1, -0.05) is 17.7 Å². The van der Waals surface area contributed by atoms with E-state index in [4.69, 9.17) is 0 Å². The highest BCUT2D eigenvalue weighted by molar-refractivity contribution is 7.17. The van der Waals surface area contributed by atoms with Crippen LogP contribution in [0.25, 0.3) is 10.2 Å². The summed E-state index contributed by atoms with van der Waals surface area (Å²) in [4.78, 5) is 25.5. The third-order valence-corrected chi connectivity index (χ3v) is 5.29. The van der Waals surface area contributed by atoms with Gasteiger partial charge in [0, 0.05) is 31.7 Å². The van der Waals surface area contributed by atoms with Crippen molar-refractivity contribution >= 4 is 33.3 Å². The lowest BCUT2D eigenvalue weighted by Crippen LogP contribution is -2.49. The van der Waals surface area contributed by atoms with Crippen LogP contribution >= 0.6 is 11.3 Å². The zero-order chi connectivity index (χ0) is 16.5. The zero-order valence-corrected chi connectivity index (χ0v) is 14.3. The second-order valence-corrected chi connectivity index (χ2v) is 6.89. The van der Waals surface area contributed by atoms with Crippen molar-refractivity contribution in [2.75, 3.05) is 31.1 Å². The second kappa shape index (κ2) is 6.20. The molecule has 6 heteroatoms. The van der Waals surface area contributed by atoms with Crippen LogP contribution in [-0.2, 0) is 0 Å². The summed E-state index contributed by atoms with van der Waals surface area (Å²) < 4.78 is 1.12. The summed E-state index contributed by atoms with van der Waals surface area (Å²) in [5, 5.41) is 2.04. The highest BCUT2D eigenvalue weighted by atomic mass is 32.1. The number of aromatic nitrogens is 2. The van der Waals surface area contributed by atoms with Crippen molar-refractivity contribution in [3.05, 3.63) is 53.2 Å². The monoisotopic (exact) mass is 338 g/mol. The average Bonchev–Trinajstić information content (AvgIpc) is 3.11. The first-order chi connectivity index (χ1) is 11.7. The van der Waals surface area contributed by atoms with Gasteiger partial charge in [-0.3, -0.25) is 4.79 Å². The molecule has 4 rings (SSSR count). The number of hydrogen-bond acceptors (Lipinski definition) is 5. The summed E-state index contributed by atoms with van der Waals surface area (Å²) in [6.45, 7) is 5.04. The Balaban J connectivity index is 1.48. The van der Waals surface area contributed by atoms with Gasteiger partial charge in [-0.25, -0.2) is 9.97 Å². The van der Waals surface area contributed by atoms with Crippen LogP contribution in [0.5, 0.6) is 0 Å². The van der Waals surface area contributed by atoms with Gasteiger partial charge in [-0.05, 0) is 30.5 Å². The minimum atomic E-state index is 0.110. The van der Waals surface area contributed by atoms with Gasteiger partial charge >= 0.3 is 0 Å². The van der Waals surface area contributed by atoms with Crippen LogP contribution in [0.1, 0.15) is 15.9 Å². The minimum Gasteiger partial charge on any atom is -0.352 e. The Morgan fingerprint density at radius 1 is 1.04 bits per heavy atom. The maximum atomic E-state index is 12.6. The van der Waals surface area contributed by atoms with Crippen LogP contribution in [0.4, 0.5) is 5.82 Å². The molecular formula is C18H18N4OS. The molecule has 0 spiro atoms. The topological polar surface area (TPSA) is 49.3 Å². The predicted molar refractivity (Wildman–Crippen MR) is 96.7 cm³/mol. The summed E-state index contributed by atoms with van der Waals surface area (Å²) >= 11 is 1.67. The van der Waals surface area contributed by atoms with E-state index in [-0.39, 0.29) is 5.91 Å². The van der Waals surface area contributed by atoms with Gasteiger partial charge < -0.3 is 9.80 Å². The third kappa shape index (κ3) is 2.73. The Labute approximate surface area is 144 Å². The molecule has 0 N–H and O–H groups in total. The number of amides is 1. The number of fused-ring (bicyclic) bond motifs is 1. The molecule has 3 heterocycles. The summed E-state index contributed by atoms with van der Waals surface area (Å²) in [5.41, 5.74) is 2.92. The van der Waals surface area contributed by atoms with E-state index in [0.717, 1.165) is 34.7 Å². The molecule has 0 radical (unpaired) electrons. The molecule has 1 aromatic carbocycles. The highest BCUT2D eigenvalue weighted by Crippen LogP contribution is 2.28. The van der Waals surface area contributed by atoms with Crippen molar-refractivity contribution in [1.82, 2.24) is 14.9 Å². The van der Waals surface area contributed by atoms with Gasteiger partial charge in [0.25, 0.3) is 5.91 Å². The number of piperazine rings is 1. The Morgan fingerprint density at radius 2 is 1.79 bits per heavy atom. The van der Waals surface area contributed by atoms with E-state index in [2.05, 4.69) is 14.9 Å². The SMILES string of the molecule is Cc1ccc(C(=O)N2CCN(c3ncnc4ccsc34)CC2)cc1. The molecule has 0 atom stereocenters. The number of thiophene rings is 1. The van der Waals surface area contributed by atoms with Crippen LogP contribution in [0.3, 0.4) is 0 Å². The van der Waals surface area contributed by atoms with E-state index in [0.29, 0.717) is 13.1 Å². The maximum Gasteiger partial charge on any atom is 0.253 e. The number of benzene rings is 1. The standard InChI is InChI=1S/C18H18N4OS/c1-13-2-4-14(5-3-13)18(23)22-9-7-21(8-10-22)17-16-15(6-11-24-16)19-12-20-17/h2-6,11-12H,7-10H2,1H3. The van der Waals surface area contributed by atoms with Gasteiger partial charge in [0.1, 0.15) is 12.1 Å². The molecule has 122 valence electrons. The molecular weight excluding hydrogens is 320 g/mol. The molecule has 3 aromatic rings. The van der Waals surface area contributed by atoms with Crippen molar-refractivity contribution in [3.8, 4) is 0 Å². The molecule has 1 amide bonds. The zero-order valence-electron chi connectivity index (χ0n) is 13.5. The molecule has 0 bridgehead atoms. The Bertz CT molecular complexity index is 866. The predicted octanol–water partition coefficient (Wildman–Crippen LogP) is 2.96. The van der Waals surface area contributed by atoms with Crippen LogP contribution < -0.4 is 4.90 Å². The molecule has 1 fully saturated rings. The van der Waals surface area contributed by atoms with Crippen LogP contribution in [0.15, 0.2) is 42.0 Å². The Morgan fingerprint density at radius 3 is 2.54 bits per heavy atom. The van der Waals surface area contributed by atoms with Crippen molar-refractivity contribution in [2.45, 2.75) is 6.92 Å². The van der Waals surface area contributed by atoms with Gasteiger partial charge in [-0.15, -0.1) is 11.3 Å². The minimum absolute atomic E-state index is 0.110. The fraction of sp³-hybridized carbons (Fsp3) is 0.278. The number of aryl methyl sites for hydroxylation is 1. The highest BCUT2D eigenvalue weighted by Gasteiger charge is 2.24. The third-order valence-electron chi connectivity index (χ3n) is 4.39. The van der Waals surface area contributed by atoms with E-state index in [1.807, 2.05) is 47.5 Å². The van der Waals surface area contributed by atoms with Gasteiger partial charge in [0.2, 0.25) is 0 Å². The summed E-state index contributed by atoms with van der Waals surface area (Å²) in [5.74, 6) is 1.09. The lowest BCUT2D eigenvalue weighted by Gasteiger charge is -2.35.